The Morgan fingerprint density at radius 3 is 2.70 bits per heavy atom. The predicted octanol–water partition coefficient (Wildman–Crippen LogP) is 3.61. The summed E-state index contributed by atoms with van der Waals surface area (Å²) in [6.45, 7) is 3.64. The first-order valence-electron chi connectivity index (χ1n) is 6.00. The van der Waals surface area contributed by atoms with Gasteiger partial charge in [-0.1, -0.05) is 12.7 Å². The lowest BCUT2D eigenvalue weighted by Crippen LogP contribution is -2.13. The predicted molar refractivity (Wildman–Crippen MR) is 75.9 cm³/mol. The molecule has 0 radical (unpaired) electrons. The van der Waals surface area contributed by atoms with Gasteiger partial charge in [-0.3, -0.25) is 10.3 Å². The minimum atomic E-state index is -0.522. The maximum Gasteiger partial charge on any atom is 0.411 e. The third-order valence-corrected chi connectivity index (χ3v) is 2.30. The van der Waals surface area contributed by atoms with Crippen molar-refractivity contribution in [2.24, 2.45) is 0 Å². The number of amides is 1. The molecule has 1 aromatic heterocycles. The van der Waals surface area contributed by atoms with Crippen LogP contribution in [-0.2, 0) is 4.74 Å². The molecule has 0 atom stereocenters. The minimum Gasteiger partial charge on any atom is -0.456 e. The third-order valence-electron chi connectivity index (χ3n) is 2.30. The fourth-order valence-electron chi connectivity index (χ4n) is 1.44. The zero-order valence-corrected chi connectivity index (χ0v) is 10.8. The second-order valence-corrected chi connectivity index (χ2v) is 3.83. The van der Waals surface area contributed by atoms with Gasteiger partial charge in [0, 0.05) is 11.9 Å². The smallest absolute Gasteiger partial charge is 0.411 e. The molecule has 5 nitrogen and oxygen atoms in total. The number of rotatable bonds is 5. The summed E-state index contributed by atoms with van der Waals surface area (Å²) in [7, 11) is 0. The van der Waals surface area contributed by atoms with Crippen LogP contribution in [0.3, 0.4) is 0 Å². The number of benzene rings is 1. The van der Waals surface area contributed by atoms with Gasteiger partial charge >= 0.3 is 6.09 Å². The molecule has 1 N–H and O–H groups in total. The third kappa shape index (κ3) is 4.13. The van der Waals surface area contributed by atoms with Crippen LogP contribution in [0.15, 0.2) is 61.4 Å². The van der Waals surface area contributed by atoms with Crippen LogP contribution in [0.25, 0.3) is 0 Å². The first kappa shape index (κ1) is 13.6. The molecule has 1 heterocycles. The van der Waals surface area contributed by atoms with Crippen molar-refractivity contribution in [3.63, 3.8) is 0 Å². The van der Waals surface area contributed by atoms with Crippen LogP contribution in [0.4, 0.5) is 10.5 Å². The Balaban J connectivity index is 1.93. The molecule has 0 saturated heterocycles. The summed E-state index contributed by atoms with van der Waals surface area (Å²) >= 11 is 0. The second-order valence-electron chi connectivity index (χ2n) is 3.83. The number of hydrogen-bond donors (Lipinski definition) is 1. The van der Waals surface area contributed by atoms with Gasteiger partial charge in [-0.2, -0.15) is 0 Å². The molecule has 20 heavy (non-hydrogen) atoms. The number of pyridine rings is 1. The summed E-state index contributed by atoms with van der Waals surface area (Å²) in [5, 5.41) is 2.59. The van der Waals surface area contributed by atoms with E-state index in [1.807, 2.05) is 6.07 Å². The molecule has 0 aliphatic heterocycles. The number of nitrogens with one attached hydrogen (secondary N) is 1. The van der Waals surface area contributed by atoms with Crippen molar-refractivity contribution >= 4 is 11.8 Å². The van der Waals surface area contributed by atoms with Gasteiger partial charge in [0.25, 0.3) is 0 Å². The lowest BCUT2D eigenvalue weighted by Gasteiger charge is -2.07. The highest BCUT2D eigenvalue weighted by atomic mass is 16.5. The van der Waals surface area contributed by atoms with Crippen molar-refractivity contribution in [3.05, 3.63) is 61.4 Å². The van der Waals surface area contributed by atoms with Crippen LogP contribution in [-0.4, -0.2) is 17.7 Å². The normalized spacial score (nSPS) is 9.60. The second kappa shape index (κ2) is 6.94. The number of ether oxygens (including phenoxy) is 2. The SMILES string of the molecule is C=CCOC(=O)Nc1ccc(Oc2cccnc2)cc1. The van der Waals surface area contributed by atoms with Crippen LogP contribution in [0.1, 0.15) is 0 Å². The van der Waals surface area contributed by atoms with Crippen LogP contribution >= 0.6 is 0 Å². The monoisotopic (exact) mass is 270 g/mol. The van der Waals surface area contributed by atoms with Gasteiger partial charge in [0.05, 0.1) is 6.20 Å². The summed E-state index contributed by atoms with van der Waals surface area (Å²) < 4.78 is 10.4. The first-order valence-corrected chi connectivity index (χ1v) is 6.00. The quantitative estimate of drug-likeness (QED) is 0.843. The van der Waals surface area contributed by atoms with Crippen molar-refractivity contribution < 1.29 is 14.3 Å². The molecule has 0 unspecified atom stereocenters. The number of aromatic nitrogens is 1. The van der Waals surface area contributed by atoms with Crippen LogP contribution in [0.5, 0.6) is 11.5 Å². The Kier molecular flexibility index (Phi) is 4.72. The van der Waals surface area contributed by atoms with E-state index >= 15 is 0 Å². The molecule has 2 rings (SSSR count). The van der Waals surface area contributed by atoms with Crippen LogP contribution in [0.2, 0.25) is 0 Å². The Morgan fingerprint density at radius 1 is 1.25 bits per heavy atom. The van der Waals surface area contributed by atoms with E-state index in [1.165, 1.54) is 6.08 Å². The van der Waals surface area contributed by atoms with Gasteiger partial charge in [-0.05, 0) is 36.4 Å². The van der Waals surface area contributed by atoms with Crippen LogP contribution < -0.4 is 10.1 Å². The Morgan fingerprint density at radius 2 is 2.05 bits per heavy atom. The number of hydrogen-bond acceptors (Lipinski definition) is 4. The molecule has 0 spiro atoms. The van der Waals surface area contributed by atoms with Gasteiger partial charge in [-0.25, -0.2) is 4.79 Å². The van der Waals surface area contributed by atoms with E-state index in [9.17, 15) is 4.79 Å². The molecule has 0 aliphatic rings. The van der Waals surface area contributed by atoms with E-state index in [0.717, 1.165) is 0 Å². The van der Waals surface area contributed by atoms with E-state index in [2.05, 4.69) is 16.9 Å². The molecule has 102 valence electrons. The highest BCUT2D eigenvalue weighted by Crippen LogP contribution is 2.22. The molecule has 5 heteroatoms. The zero-order chi connectivity index (χ0) is 14.2. The molecular formula is C15H14N2O3. The topological polar surface area (TPSA) is 60.5 Å². The van der Waals surface area contributed by atoms with Crippen molar-refractivity contribution in [2.75, 3.05) is 11.9 Å². The molecule has 1 amide bonds. The minimum absolute atomic E-state index is 0.175. The fourth-order valence-corrected chi connectivity index (χ4v) is 1.44. The Labute approximate surface area is 116 Å². The standard InChI is InChI=1S/C15H14N2O3/c1-2-10-19-15(18)17-12-5-7-13(8-6-12)20-14-4-3-9-16-11-14/h2-9,11H,1,10H2,(H,17,18). The number of anilines is 1. The molecule has 1 aromatic carbocycles. The van der Waals surface area contributed by atoms with Crippen LogP contribution in [0, 0.1) is 0 Å². The largest absolute Gasteiger partial charge is 0.456 e. The van der Waals surface area contributed by atoms with Crippen molar-refractivity contribution in [1.82, 2.24) is 4.98 Å². The number of nitrogens with zero attached hydrogens (tertiary/aromatic N) is 1. The Hall–Kier alpha value is -2.82. The lowest BCUT2D eigenvalue weighted by atomic mass is 10.3. The van der Waals surface area contributed by atoms with Crippen molar-refractivity contribution in [1.29, 1.82) is 0 Å². The van der Waals surface area contributed by atoms with Gasteiger partial charge in [-0.15, -0.1) is 0 Å². The van der Waals surface area contributed by atoms with Gasteiger partial charge in [0.1, 0.15) is 18.1 Å². The summed E-state index contributed by atoms with van der Waals surface area (Å²) in [4.78, 5) is 15.3. The molecule has 0 aliphatic carbocycles. The highest BCUT2D eigenvalue weighted by molar-refractivity contribution is 5.84. The highest BCUT2D eigenvalue weighted by Gasteiger charge is 2.02. The van der Waals surface area contributed by atoms with Crippen molar-refractivity contribution in [2.45, 2.75) is 0 Å². The maximum absolute atomic E-state index is 11.3. The zero-order valence-electron chi connectivity index (χ0n) is 10.8. The fraction of sp³-hybridized carbons (Fsp3) is 0.0667. The Bertz CT molecular complexity index is 567. The molecule has 0 fully saturated rings. The van der Waals surface area contributed by atoms with E-state index in [0.29, 0.717) is 17.2 Å². The van der Waals surface area contributed by atoms with E-state index in [4.69, 9.17) is 9.47 Å². The average molecular weight is 270 g/mol. The summed E-state index contributed by atoms with van der Waals surface area (Å²) in [5.74, 6) is 1.31. The van der Waals surface area contributed by atoms with E-state index in [-0.39, 0.29) is 6.61 Å². The van der Waals surface area contributed by atoms with Gasteiger partial charge in [0.15, 0.2) is 0 Å². The summed E-state index contributed by atoms with van der Waals surface area (Å²) in [6, 6.07) is 10.5. The molecule has 2 aromatic rings. The number of carbonyl (C=O) groups is 1. The van der Waals surface area contributed by atoms with Gasteiger partial charge < -0.3 is 9.47 Å². The number of carbonyl (C=O) groups excluding carboxylic acids is 1. The average Bonchev–Trinajstić information content (AvgIpc) is 2.48. The molecule has 0 saturated carbocycles. The lowest BCUT2D eigenvalue weighted by molar-refractivity contribution is 0.174. The van der Waals surface area contributed by atoms with Gasteiger partial charge in [0.2, 0.25) is 0 Å². The molecular weight excluding hydrogens is 256 g/mol. The van der Waals surface area contributed by atoms with Crippen molar-refractivity contribution in [3.8, 4) is 11.5 Å². The van der Waals surface area contributed by atoms with E-state index < -0.39 is 6.09 Å². The molecule has 0 bridgehead atoms. The first-order chi connectivity index (χ1) is 9.78. The summed E-state index contributed by atoms with van der Waals surface area (Å²) in [6.07, 6.45) is 4.28. The maximum atomic E-state index is 11.3. The van der Waals surface area contributed by atoms with E-state index in [1.54, 1.807) is 42.7 Å². The summed E-state index contributed by atoms with van der Waals surface area (Å²) in [5.41, 5.74) is 0.623.